The molecule has 240 valence electrons. The highest BCUT2D eigenvalue weighted by Gasteiger charge is 2.62. The summed E-state index contributed by atoms with van der Waals surface area (Å²) in [7, 11) is 3.83. The first-order chi connectivity index (χ1) is 19.5. The van der Waals surface area contributed by atoms with Crippen molar-refractivity contribution in [2.75, 3.05) is 14.1 Å². The molecular weight excluding hydrogens is 542 g/mol. The molecule has 13 atom stereocenters. The number of aliphatic hydroxyl groups excluding tert-OH is 2. The average Bonchev–Trinajstić information content (AvgIpc) is 3.16. The van der Waals surface area contributed by atoms with Crippen LogP contribution >= 0.6 is 0 Å². The fourth-order valence-electron chi connectivity index (χ4n) is 7.69. The average molecular weight is 597 g/mol. The van der Waals surface area contributed by atoms with Gasteiger partial charge in [0.1, 0.15) is 17.8 Å². The molecule has 4 heterocycles. The zero-order valence-corrected chi connectivity index (χ0v) is 26.8. The quantitative estimate of drug-likeness (QED) is 0.224. The van der Waals surface area contributed by atoms with Crippen LogP contribution in [0.5, 0.6) is 0 Å². The number of likely N-dealkylation sites (N-methyl/N-ethyl adjacent to an activating group) is 1. The second-order valence-electron chi connectivity index (χ2n) is 13.9. The molecule has 2 fully saturated rings. The molecule has 42 heavy (non-hydrogen) atoms. The third-order valence-corrected chi connectivity index (χ3v) is 10.1. The van der Waals surface area contributed by atoms with Crippen LogP contribution < -0.4 is 10.7 Å². The Hall–Kier alpha value is -1.60. The molecule has 0 radical (unpaired) electrons. The second kappa shape index (κ2) is 12.1. The van der Waals surface area contributed by atoms with E-state index in [-0.39, 0.29) is 18.1 Å². The number of nitrogens with zero attached hydrogens (tertiary/aromatic N) is 1. The minimum atomic E-state index is -1.50. The van der Waals surface area contributed by atoms with Gasteiger partial charge >= 0.3 is 5.97 Å². The van der Waals surface area contributed by atoms with Gasteiger partial charge in [-0.25, -0.2) is 4.99 Å². The van der Waals surface area contributed by atoms with Gasteiger partial charge < -0.3 is 39.2 Å². The third-order valence-electron chi connectivity index (χ3n) is 10.1. The van der Waals surface area contributed by atoms with Crippen molar-refractivity contribution in [3.63, 3.8) is 0 Å². The Kier molecular flexibility index (Phi) is 9.56. The highest BCUT2D eigenvalue weighted by atomic mass is 16.7. The van der Waals surface area contributed by atoms with Crippen LogP contribution in [0.25, 0.3) is 0 Å². The van der Waals surface area contributed by atoms with Crippen LogP contribution in [0.2, 0.25) is 0 Å². The molecule has 4 aliphatic rings. The topological polar surface area (TPSA) is 158 Å². The summed E-state index contributed by atoms with van der Waals surface area (Å²) in [6.45, 7) is 12.9. The lowest BCUT2D eigenvalue weighted by molar-refractivity contribution is -0.619. The first-order valence-corrected chi connectivity index (χ1v) is 15.5. The molecule has 1 spiro atoms. The Morgan fingerprint density at radius 3 is 2.43 bits per heavy atom. The third kappa shape index (κ3) is 6.03. The van der Waals surface area contributed by atoms with Gasteiger partial charge in [-0.05, 0) is 73.5 Å². The normalized spacial score (nSPS) is 50.0. The van der Waals surface area contributed by atoms with E-state index in [1.165, 1.54) is 0 Å². The zero-order valence-electron chi connectivity index (χ0n) is 26.8. The fourth-order valence-corrected chi connectivity index (χ4v) is 7.69. The van der Waals surface area contributed by atoms with Crippen molar-refractivity contribution in [2.24, 2.45) is 23.5 Å². The van der Waals surface area contributed by atoms with Gasteiger partial charge in [-0.3, -0.25) is 10.5 Å². The number of fused-ring (bicyclic) bond motifs is 1. The van der Waals surface area contributed by atoms with E-state index in [0.717, 1.165) is 5.57 Å². The van der Waals surface area contributed by atoms with Gasteiger partial charge in [0.05, 0.1) is 36.3 Å². The smallest absolute Gasteiger partial charge is 0.311 e. The number of esters is 1. The molecule has 0 aromatic heterocycles. The largest absolute Gasteiger partial charge is 0.459 e. The highest BCUT2D eigenvalue weighted by Crippen LogP contribution is 2.49. The van der Waals surface area contributed by atoms with Gasteiger partial charge in [0.25, 0.3) is 0 Å². The second-order valence-corrected chi connectivity index (χ2v) is 13.9. The number of hydrogen-bond acceptors (Lipinski definition) is 10. The molecule has 0 aromatic carbocycles. The van der Waals surface area contributed by atoms with Gasteiger partial charge in [0.15, 0.2) is 6.29 Å². The maximum absolute atomic E-state index is 13.4. The Morgan fingerprint density at radius 1 is 1.14 bits per heavy atom. The van der Waals surface area contributed by atoms with Crippen molar-refractivity contribution in [3.8, 4) is 0 Å². The number of amidine groups is 1. The summed E-state index contributed by atoms with van der Waals surface area (Å²) in [5, 5.41) is 34.6. The van der Waals surface area contributed by atoms with Crippen molar-refractivity contribution < 1.29 is 44.1 Å². The lowest BCUT2D eigenvalue weighted by atomic mass is 9.77. The molecule has 2 bridgehead atoms. The SMILES string of the molecule is CC[C@H]1OC(=O)[C@H](C)[C@@H](O)[C@H](C)[C@@H](O[C@@H]2O[C@H](C)C[C@H](N(C)C)[C@H]2O)[C@@]2(C)C[C@@H](C)C3([NH+]=C(N)CC/C3=C\[C@]1(C)O)O2. The van der Waals surface area contributed by atoms with Crippen molar-refractivity contribution >= 4 is 11.8 Å². The van der Waals surface area contributed by atoms with Crippen LogP contribution in [-0.4, -0.2) is 106 Å². The molecule has 0 aliphatic carbocycles. The van der Waals surface area contributed by atoms with Crippen molar-refractivity contribution in [1.82, 2.24) is 4.90 Å². The zero-order chi connectivity index (χ0) is 31.4. The molecule has 6 N–H and O–H groups in total. The van der Waals surface area contributed by atoms with Gasteiger partial charge in [0, 0.05) is 23.5 Å². The number of nitrogens with one attached hydrogen (secondary N) is 1. The summed E-state index contributed by atoms with van der Waals surface area (Å²) in [5.74, 6) is -1.70. The van der Waals surface area contributed by atoms with Crippen molar-refractivity contribution in [3.05, 3.63) is 11.6 Å². The number of hydrogen-bond donors (Lipinski definition) is 5. The molecule has 0 amide bonds. The lowest BCUT2D eigenvalue weighted by Gasteiger charge is -2.46. The molecule has 1 unspecified atom stereocenters. The summed E-state index contributed by atoms with van der Waals surface area (Å²) < 4.78 is 25.8. The number of ether oxygens (including phenoxy) is 4. The van der Waals surface area contributed by atoms with Crippen LogP contribution in [0.15, 0.2) is 11.6 Å². The Bertz CT molecular complexity index is 1060. The predicted octanol–water partition coefficient (Wildman–Crippen LogP) is 0.187. The summed E-state index contributed by atoms with van der Waals surface area (Å²) in [6.07, 6.45) is -0.530. The molecule has 11 heteroatoms. The number of rotatable bonds is 4. The Balaban J connectivity index is 1.85. The van der Waals surface area contributed by atoms with E-state index in [2.05, 4.69) is 11.9 Å². The maximum atomic E-state index is 13.4. The van der Waals surface area contributed by atoms with Crippen LogP contribution in [0, 0.1) is 17.8 Å². The lowest BCUT2D eigenvalue weighted by Crippen LogP contribution is -2.93. The summed E-state index contributed by atoms with van der Waals surface area (Å²) in [4.78, 5) is 18.7. The van der Waals surface area contributed by atoms with E-state index in [4.69, 9.17) is 24.7 Å². The Labute approximate surface area is 250 Å². The standard InChI is InChI=1S/C31H53N3O8/c1-10-22-29(6,38)15-20-11-12-23(32)33-31(20)16(2)14-30(7,42-31)26(18(4)24(35)19(5)27(37)40-22)41-28-25(36)21(34(8)9)13-17(3)39-28/h15-19,21-22,24-26,28,35-36,38H,10-14H2,1-9H3,(H2,32,33)/p+1/b20-15+/t16-,17-,18+,19-,21+,22-,24+,25-,26-,28+,29+,30-,31?/m1/s1. The van der Waals surface area contributed by atoms with Crippen molar-refractivity contribution in [1.29, 1.82) is 0 Å². The van der Waals surface area contributed by atoms with Gasteiger partial charge in [0.2, 0.25) is 11.6 Å². The highest BCUT2D eigenvalue weighted by molar-refractivity contribution is 5.75. The van der Waals surface area contributed by atoms with Crippen LogP contribution in [0.4, 0.5) is 0 Å². The van der Waals surface area contributed by atoms with E-state index >= 15 is 0 Å². The molecule has 0 aromatic rings. The van der Waals surface area contributed by atoms with Crippen LogP contribution in [0.1, 0.15) is 80.6 Å². The minimum Gasteiger partial charge on any atom is -0.459 e. The van der Waals surface area contributed by atoms with Gasteiger partial charge in [-0.15, -0.1) is 0 Å². The van der Waals surface area contributed by atoms with E-state index in [9.17, 15) is 20.1 Å². The van der Waals surface area contributed by atoms with E-state index in [0.29, 0.717) is 37.9 Å². The number of carbonyl (C=O) groups is 1. The van der Waals surface area contributed by atoms with E-state index < -0.39 is 65.4 Å². The Morgan fingerprint density at radius 2 is 1.81 bits per heavy atom. The van der Waals surface area contributed by atoms with Crippen LogP contribution in [-0.2, 0) is 23.7 Å². The van der Waals surface area contributed by atoms with Crippen molar-refractivity contribution in [2.45, 2.75) is 140 Å². The maximum Gasteiger partial charge on any atom is 0.311 e. The predicted molar refractivity (Wildman–Crippen MR) is 156 cm³/mol. The molecule has 4 aliphatic heterocycles. The number of carbonyl (C=O) groups excluding carboxylic acids is 1. The monoisotopic (exact) mass is 596 g/mol. The summed E-state index contributed by atoms with van der Waals surface area (Å²) >= 11 is 0. The summed E-state index contributed by atoms with van der Waals surface area (Å²) in [5.41, 5.74) is 3.63. The fraction of sp³-hybridized carbons (Fsp3) is 0.871. The molecule has 2 saturated heterocycles. The van der Waals surface area contributed by atoms with E-state index in [1.54, 1.807) is 19.9 Å². The number of aliphatic hydroxyl groups is 3. The van der Waals surface area contributed by atoms with Crippen LogP contribution in [0.3, 0.4) is 0 Å². The minimum absolute atomic E-state index is 0.118. The first kappa shape index (κ1) is 33.3. The number of nitrogens with two attached hydrogens (primary N) is 1. The molecule has 0 saturated carbocycles. The van der Waals surface area contributed by atoms with Gasteiger partial charge in [-0.1, -0.05) is 20.8 Å². The first-order valence-electron chi connectivity index (χ1n) is 15.5. The molecule has 11 nitrogen and oxygen atoms in total. The van der Waals surface area contributed by atoms with Gasteiger partial charge in [-0.2, -0.15) is 0 Å². The summed E-state index contributed by atoms with van der Waals surface area (Å²) in [6, 6.07) is -0.192. The molecular formula is C31H54N3O8+. The number of cyclic esters (lactones) is 1. The van der Waals surface area contributed by atoms with E-state index in [1.807, 2.05) is 46.7 Å². The molecule has 4 rings (SSSR count).